The summed E-state index contributed by atoms with van der Waals surface area (Å²) < 4.78 is 5.05. The van der Waals surface area contributed by atoms with E-state index in [1.54, 1.807) is 7.11 Å². The van der Waals surface area contributed by atoms with Crippen molar-refractivity contribution in [3.05, 3.63) is 35.9 Å². The van der Waals surface area contributed by atoms with Crippen LogP contribution in [0.2, 0.25) is 0 Å². The summed E-state index contributed by atoms with van der Waals surface area (Å²) in [5.41, 5.74) is 1.40. The molecule has 102 valence electrons. The van der Waals surface area contributed by atoms with Crippen LogP contribution in [0, 0.1) is 0 Å². The van der Waals surface area contributed by atoms with Crippen LogP contribution in [0.3, 0.4) is 0 Å². The molecule has 18 heavy (non-hydrogen) atoms. The second-order valence-corrected chi connectivity index (χ2v) is 4.81. The van der Waals surface area contributed by atoms with Gasteiger partial charge < -0.3 is 15.0 Å². The maximum absolute atomic E-state index is 5.05. The maximum Gasteiger partial charge on any atom is 0.0589 e. The molecule has 0 aliphatic carbocycles. The van der Waals surface area contributed by atoms with Gasteiger partial charge in [-0.25, -0.2) is 0 Å². The molecule has 0 fully saturated rings. The molecule has 0 amide bonds. The largest absolute Gasteiger partial charge is 0.383 e. The van der Waals surface area contributed by atoms with Crippen molar-refractivity contribution < 1.29 is 4.74 Å². The van der Waals surface area contributed by atoms with Crippen molar-refractivity contribution in [3.63, 3.8) is 0 Å². The quantitative estimate of drug-likeness (QED) is 0.678. The van der Waals surface area contributed by atoms with E-state index in [9.17, 15) is 0 Å². The van der Waals surface area contributed by atoms with Gasteiger partial charge in [0.2, 0.25) is 0 Å². The third-order valence-electron chi connectivity index (χ3n) is 3.17. The fraction of sp³-hybridized carbons (Fsp3) is 0.600. The Hall–Kier alpha value is -0.900. The molecule has 0 spiro atoms. The molecule has 0 aliphatic heterocycles. The molecule has 0 bridgehead atoms. The van der Waals surface area contributed by atoms with Crippen LogP contribution in [-0.2, 0) is 4.74 Å². The van der Waals surface area contributed by atoms with Crippen LogP contribution in [0.5, 0.6) is 0 Å². The molecule has 1 N–H and O–H groups in total. The van der Waals surface area contributed by atoms with Crippen molar-refractivity contribution in [3.8, 4) is 0 Å². The molecule has 1 aromatic rings. The fourth-order valence-corrected chi connectivity index (χ4v) is 1.85. The summed E-state index contributed by atoms with van der Waals surface area (Å²) in [5.74, 6) is 0.565. The van der Waals surface area contributed by atoms with Crippen LogP contribution in [-0.4, -0.2) is 51.8 Å². The lowest BCUT2D eigenvalue weighted by Gasteiger charge is -2.18. The molecular weight excluding hydrogens is 224 g/mol. The first-order chi connectivity index (χ1) is 8.74. The highest BCUT2D eigenvalue weighted by Gasteiger charge is 2.04. The van der Waals surface area contributed by atoms with Crippen molar-refractivity contribution in [2.45, 2.75) is 12.8 Å². The normalized spacial score (nSPS) is 12.9. The van der Waals surface area contributed by atoms with E-state index in [-0.39, 0.29) is 0 Å². The van der Waals surface area contributed by atoms with E-state index in [0.29, 0.717) is 5.92 Å². The van der Waals surface area contributed by atoms with Gasteiger partial charge in [0.25, 0.3) is 0 Å². The molecule has 0 radical (unpaired) electrons. The van der Waals surface area contributed by atoms with E-state index in [4.69, 9.17) is 4.74 Å². The minimum Gasteiger partial charge on any atom is -0.383 e. The molecule has 0 saturated carbocycles. The van der Waals surface area contributed by atoms with Crippen LogP contribution in [0.1, 0.15) is 18.4 Å². The third kappa shape index (κ3) is 6.15. The van der Waals surface area contributed by atoms with Crippen molar-refractivity contribution >= 4 is 0 Å². The van der Waals surface area contributed by atoms with Gasteiger partial charge in [0, 0.05) is 33.3 Å². The highest BCUT2D eigenvalue weighted by Crippen LogP contribution is 2.12. The Labute approximate surface area is 111 Å². The van der Waals surface area contributed by atoms with Crippen molar-refractivity contribution in [2.24, 2.45) is 0 Å². The highest BCUT2D eigenvalue weighted by atomic mass is 16.5. The molecule has 0 heterocycles. The number of benzene rings is 1. The van der Waals surface area contributed by atoms with Gasteiger partial charge in [0.15, 0.2) is 0 Å². The number of methoxy groups -OCH3 is 1. The van der Waals surface area contributed by atoms with Crippen LogP contribution in [0.15, 0.2) is 30.3 Å². The van der Waals surface area contributed by atoms with Gasteiger partial charge in [-0.2, -0.15) is 0 Å². The number of ether oxygens (including phenoxy) is 1. The number of likely N-dealkylation sites (N-methyl/N-ethyl adjacent to an activating group) is 1. The van der Waals surface area contributed by atoms with E-state index in [2.05, 4.69) is 54.5 Å². The van der Waals surface area contributed by atoms with Gasteiger partial charge in [-0.1, -0.05) is 37.3 Å². The lowest BCUT2D eigenvalue weighted by molar-refractivity contribution is 0.161. The first-order valence-corrected chi connectivity index (χ1v) is 6.67. The van der Waals surface area contributed by atoms with Crippen LogP contribution in [0.4, 0.5) is 0 Å². The zero-order valence-corrected chi connectivity index (χ0v) is 11.9. The Morgan fingerprint density at radius 3 is 2.61 bits per heavy atom. The van der Waals surface area contributed by atoms with E-state index >= 15 is 0 Å². The first kappa shape index (κ1) is 15.2. The second kappa shape index (κ2) is 9.09. The molecule has 1 aromatic carbocycles. The minimum absolute atomic E-state index is 0.565. The summed E-state index contributed by atoms with van der Waals surface area (Å²) in [7, 11) is 3.87. The van der Waals surface area contributed by atoms with Crippen molar-refractivity contribution in [1.29, 1.82) is 0 Å². The summed E-state index contributed by atoms with van der Waals surface area (Å²) in [6.07, 6.45) is 0. The molecule has 1 rings (SSSR count). The van der Waals surface area contributed by atoms with Crippen molar-refractivity contribution in [2.75, 3.05) is 46.9 Å². The SMILES string of the molecule is COCCN(C)CCNCC(C)c1ccccc1. The summed E-state index contributed by atoms with van der Waals surface area (Å²) in [4.78, 5) is 2.28. The Kier molecular flexibility index (Phi) is 7.65. The minimum atomic E-state index is 0.565. The zero-order chi connectivity index (χ0) is 13.2. The van der Waals surface area contributed by atoms with E-state index in [0.717, 1.165) is 32.8 Å². The van der Waals surface area contributed by atoms with Gasteiger partial charge in [0.1, 0.15) is 0 Å². The number of hydrogen-bond donors (Lipinski definition) is 1. The molecule has 0 aliphatic rings. The Bertz CT molecular complexity index is 303. The van der Waals surface area contributed by atoms with Crippen LogP contribution in [0.25, 0.3) is 0 Å². The third-order valence-corrected chi connectivity index (χ3v) is 3.17. The van der Waals surface area contributed by atoms with Gasteiger partial charge in [-0.3, -0.25) is 0 Å². The summed E-state index contributed by atoms with van der Waals surface area (Å²) in [6, 6.07) is 10.7. The standard InChI is InChI=1S/C15H26N2O/c1-14(15-7-5-4-6-8-15)13-16-9-10-17(2)11-12-18-3/h4-8,14,16H,9-13H2,1-3H3. The topological polar surface area (TPSA) is 24.5 Å². The van der Waals surface area contributed by atoms with Gasteiger partial charge >= 0.3 is 0 Å². The number of nitrogens with zero attached hydrogens (tertiary/aromatic N) is 1. The predicted octanol–water partition coefficient (Wildman–Crippen LogP) is 1.96. The van der Waals surface area contributed by atoms with E-state index in [1.807, 2.05) is 0 Å². The Morgan fingerprint density at radius 1 is 1.22 bits per heavy atom. The number of rotatable bonds is 9. The maximum atomic E-state index is 5.05. The lowest BCUT2D eigenvalue weighted by atomic mass is 10.0. The average molecular weight is 250 g/mol. The molecule has 1 unspecified atom stereocenters. The molecule has 1 atom stereocenters. The molecule has 3 nitrogen and oxygen atoms in total. The monoisotopic (exact) mass is 250 g/mol. The van der Waals surface area contributed by atoms with Crippen molar-refractivity contribution in [1.82, 2.24) is 10.2 Å². The average Bonchev–Trinajstić information content (AvgIpc) is 2.42. The number of nitrogens with one attached hydrogen (secondary N) is 1. The van der Waals surface area contributed by atoms with Gasteiger partial charge in [-0.05, 0) is 18.5 Å². The van der Waals surface area contributed by atoms with E-state index < -0.39 is 0 Å². The summed E-state index contributed by atoms with van der Waals surface area (Å²) in [5, 5.41) is 3.51. The summed E-state index contributed by atoms with van der Waals surface area (Å²) in [6.45, 7) is 7.17. The fourth-order valence-electron chi connectivity index (χ4n) is 1.85. The van der Waals surface area contributed by atoms with Crippen LogP contribution >= 0.6 is 0 Å². The molecule has 0 saturated heterocycles. The lowest BCUT2D eigenvalue weighted by Crippen LogP contribution is -2.32. The smallest absolute Gasteiger partial charge is 0.0589 e. The van der Waals surface area contributed by atoms with E-state index in [1.165, 1.54) is 5.56 Å². The van der Waals surface area contributed by atoms with Gasteiger partial charge in [0.05, 0.1) is 6.61 Å². The Balaban J connectivity index is 2.11. The summed E-state index contributed by atoms with van der Waals surface area (Å²) >= 11 is 0. The van der Waals surface area contributed by atoms with Gasteiger partial charge in [-0.15, -0.1) is 0 Å². The zero-order valence-electron chi connectivity index (χ0n) is 11.9. The molecular formula is C15H26N2O. The highest BCUT2D eigenvalue weighted by molar-refractivity contribution is 5.18. The first-order valence-electron chi connectivity index (χ1n) is 6.67. The predicted molar refractivity (Wildman–Crippen MR) is 77.1 cm³/mol. The molecule has 0 aromatic heterocycles. The molecule has 3 heteroatoms. The number of hydrogen-bond acceptors (Lipinski definition) is 3. The second-order valence-electron chi connectivity index (χ2n) is 4.81. The van der Waals surface area contributed by atoms with Crippen LogP contribution < -0.4 is 5.32 Å². The Morgan fingerprint density at radius 2 is 1.94 bits per heavy atom.